The first-order valence-electron chi connectivity index (χ1n) is 9.17. The maximum atomic E-state index is 7.44. The molecule has 174 valence electrons. The minimum absolute atomic E-state index is 0. The van der Waals surface area contributed by atoms with E-state index in [4.69, 9.17) is 78.2 Å². The SMILES string of the molecule is Cl.N=C(N)c1ccc(OCc2c(Cl)c(Cl)c(Cl)c(COc3ccc(C(=N)N)cc3)c2Cl)cc1. The monoisotopic (exact) mass is 546 g/mol. The molecule has 0 aliphatic carbocycles. The summed E-state index contributed by atoms with van der Waals surface area (Å²) in [7, 11) is 0. The Balaban J connectivity index is 0.00000385. The van der Waals surface area contributed by atoms with Crippen LogP contribution in [0.15, 0.2) is 48.5 Å². The molecule has 0 unspecified atom stereocenters. The van der Waals surface area contributed by atoms with E-state index in [0.29, 0.717) is 33.8 Å². The molecule has 33 heavy (non-hydrogen) atoms. The molecule has 0 saturated carbocycles. The van der Waals surface area contributed by atoms with Gasteiger partial charge in [0.15, 0.2) is 0 Å². The van der Waals surface area contributed by atoms with Crippen LogP contribution in [0.2, 0.25) is 20.1 Å². The Labute approximate surface area is 217 Å². The number of hydrogen-bond acceptors (Lipinski definition) is 4. The van der Waals surface area contributed by atoms with Gasteiger partial charge in [0.05, 0.1) is 20.1 Å². The van der Waals surface area contributed by atoms with Gasteiger partial charge in [-0.15, -0.1) is 12.4 Å². The molecule has 0 aromatic heterocycles. The Morgan fingerprint density at radius 3 is 1.24 bits per heavy atom. The van der Waals surface area contributed by atoms with Gasteiger partial charge in [0.2, 0.25) is 0 Å². The lowest BCUT2D eigenvalue weighted by atomic mass is 10.1. The minimum atomic E-state index is -0.0345. The second-order valence-corrected chi connectivity index (χ2v) is 8.18. The topological polar surface area (TPSA) is 118 Å². The molecule has 3 aromatic rings. The number of amidine groups is 2. The second-order valence-electron chi connectivity index (χ2n) is 6.67. The molecule has 0 aliphatic heterocycles. The lowest BCUT2D eigenvalue weighted by molar-refractivity contribution is 0.300. The quantitative estimate of drug-likeness (QED) is 0.112. The molecule has 6 N–H and O–H groups in total. The van der Waals surface area contributed by atoms with E-state index in [1.54, 1.807) is 48.5 Å². The summed E-state index contributed by atoms with van der Waals surface area (Å²) in [5.41, 5.74) is 13.0. The van der Waals surface area contributed by atoms with Crippen molar-refractivity contribution >= 4 is 70.5 Å². The summed E-state index contributed by atoms with van der Waals surface area (Å²) in [5, 5.41) is 15.7. The van der Waals surface area contributed by atoms with Crippen molar-refractivity contribution in [1.29, 1.82) is 10.8 Å². The van der Waals surface area contributed by atoms with Crippen molar-refractivity contribution in [3.8, 4) is 11.5 Å². The van der Waals surface area contributed by atoms with E-state index in [1.165, 1.54) is 0 Å². The fourth-order valence-corrected chi connectivity index (χ4v) is 3.92. The predicted molar refractivity (Wildman–Crippen MR) is 137 cm³/mol. The summed E-state index contributed by atoms with van der Waals surface area (Å²) in [6.07, 6.45) is 0. The second kappa shape index (κ2) is 11.7. The molecular weight excluding hydrogens is 530 g/mol. The first-order chi connectivity index (χ1) is 15.2. The molecule has 0 bridgehead atoms. The Hall–Kier alpha value is -2.35. The van der Waals surface area contributed by atoms with Gasteiger partial charge in [0.1, 0.15) is 36.4 Å². The Kier molecular flexibility index (Phi) is 9.52. The molecule has 0 radical (unpaired) electrons. The van der Waals surface area contributed by atoms with Gasteiger partial charge >= 0.3 is 0 Å². The normalized spacial score (nSPS) is 10.3. The highest BCUT2D eigenvalue weighted by atomic mass is 35.5. The number of nitrogens with one attached hydrogen (secondary N) is 2. The van der Waals surface area contributed by atoms with E-state index in [9.17, 15) is 0 Å². The van der Waals surface area contributed by atoms with Gasteiger partial charge in [0.25, 0.3) is 0 Å². The van der Waals surface area contributed by atoms with Crippen molar-refractivity contribution in [1.82, 2.24) is 0 Å². The average Bonchev–Trinajstić information content (AvgIpc) is 2.78. The van der Waals surface area contributed by atoms with E-state index in [1.807, 2.05) is 0 Å². The summed E-state index contributed by atoms with van der Waals surface area (Å²) >= 11 is 25.7. The van der Waals surface area contributed by atoms with E-state index < -0.39 is 0 Å². The first kappa shape index (κ1) is 26.9. The van der Waals surface area contributed by atoms with E-state index in [-0.39, 0.29) is 57.4 Å². The van der Waals surface area contributed by atoms with E-state index in [0.717, 1.165) is 0 Å². The molecule has 3 rings (SSSR count). The number of hydrogen-bond donors (Lipinski definition) is 4. The molecule has 0 spiro atoms. The van der Waals surface area contributed by atoms with Gasteiger partial charge in [-0.3, -0.25) is 10.8 Å². The molecule has 0 amide bonds. The van der Waals surface area contributed by atoms with Crippen LogP contribution in [0.1, 0.15) is 22.3 Å². The number of halogens is 5. The molecule has 0 aliphatic rings. The van der Waals surface area contributed by atoms with Crippen molar-refractivity contribution in [2.75, 3.05) is 0 Å². The third-order valence-corrected chi connectivity index (χ3v) is 6.40. The first-order valence-corrected chi connectivity index (χ1v) is 10.7. The van der Waals surface area contributed by atoms with Gasteiger partial charge in [-0.25, -0.2) is 0 Å². The van der Waals surface area contributed by atoms with Gasteiger partial charge in [0, 0.05) is 22.3 Å². The molecule has 11 heteroatoms. The molecule has 0 heterocycles. The Morgan fingerprint density at radius 1 is 0.606 bits per heavy atom. The van der Waals surface area contributed by atoms with Crippen LogP contribution in [-0.4, -0.2) is 11.7 Å². The number of nitrogen functional groups attached to an aromatic ring is 2. The van der Waals surface area contributed by atoms with Crippen molar-refractivity contribution < 1.29 is 9.47 Å². The summed E-state index contributed by atoms with van der Waals surface area (Å²) in [4.78, 5) is 0. The zero-order valence-electron chi connectivity index (χ0n) is 16.9. The van der Waals surface area contributed by atoms with Crippen molar-refractivity contribution in [2.24, 2.45) is 11.5 Å². The van der Waals surface area contributed by atoms with Crippen molar-refractivity contribution in [3.63, 3.8) is 0 Å². The minimum Gasteiger partial charge on any atom is -0.489 e. The van der Waals surface area contributed by atoms with Gasteiger partial charge < -0.3 is 20.9 Å². The lowest BCUT2D eigenvalue weighted by Gasteiger charge is -2.17. The smallest absolute Gasteiger partial charge is 0.122 e. The van der Waals surface area contributed by atoms with Crippen LogP contribution < -0.4 is 20.9 Å². The zero-order valence-corrected chi connectivity index (χ0v) is 20.8. The van der Waals surface area contributed by atoms with Crippen LogP contribution in [0.5, 0.6) is 11.5 Å². The van der Waals surface area contributed by atoms with Crippen LogP contribution in [0, 0.1) is 10.8 Å². The molecular formula is C22H19Cl5N4O2. The fraction of sp³-hybridized carbons (Fsp3) is 0.0909. The highest BCUT2D eigenvalue weighted by Crippen LogP contribution is 2.42. The molecule has 0 fully saturated rings. The molecule has 6 nitrogen and oxygen atoms in total. The van der Waals surface area contributed by atoms with Crippen LogP contribution in [0.25, 0.3) is 0 Å². The van der Waals surface area contributed by atoms with Crippen LogP contribution in [0.4, 0.5) is 0 Å². The average molecular weight is 549 g/mol. The Bertz CT molecular complexity index is 1080. The lowest BCUT2D eigenvalue weighted by Crippen LogP contribution is -2.10. The molecule has 0 saturated heterocycles. The number of ether oxygens (including phenoxy) is 2. The van der Waals surface area contributed by atoms with E-state index >= 15 is 0 Å². The summed E-state index contributed by atoms with van der Waals surface area (Å²) in [6.45, 7) is 0.0720. The summed E-state index contributed by atoms with van der Waals surface area (Å²) in [5.74, 6) is 1.01. The van der Waals surface area contributed by atoms with Gasteiger partial charge in [-0.1, -0.05) is 46.4 Å². The highest BCUT2D eigenvalue weighted by molar-refractivity contribution is 6.50. The van der Waals surface area contributed by atoms with E-state index in [2.05, 4.69) is 0 Å². The van der Waals surface area contributed by atoms with Crippen LogP contribution >= 0.6 is 58.8 Å². The number of nitrogens with two attached hydrogens (primary N) is 2. The Morgan fingerprint density at radius 2 is 0.939 bits per heavy atom. The van der Waals surface area contributed by atoms with Crippen LogP contribution in [-0.2, 0) is 13.2 Å². The van der Waals surface area contributed by atoms with Crippen molar-refractivity contribution in [2.45, 2.75) is 13.2 Å². The van der Waals surface area contributed by atoms with Crippen molar-refractivity contribution in [3.05, 3.63) is 90.9 Å². The number of rotatable bonds is 8. The molecule has 0 atom stereocenters. The van der Waals surface area contributed by atoms with Gasteiger partial charge in [-0.2, -0.15) is 0 Å². The maximum Gasteiger partial charge on any atom is 0.122 e. The summed E-state index contributed by atoms with van der Waals surface area (Å²) < 4.78 is 11.6. The standard InChI is InChI=1S/C22H18Cl4N4O2.ClH/c23-17-15(9-31-13-5-1-11(2-6-13)21(27)28)18(24)20(26)19(25)16(17)10-32-14-7-3-12(4-8-14)22(29)30;/h1-8H,9-10H2,(H3,27,28)(H3,29,30);1H. The summed E-state index contributed by atoms with van der Waals surface area (Å²) in [6, 6.07) is 13.4. The number of benzene rings is 3. The fourth-order valence-electron chi connectivity index (χ4n) is 2.76. The van der Waals surface area contributed by atoms with Crippen LogP contribution in [0.3, 0.4) is 0 Å². The predicted octanol–water partition coefficient (Wildman–Crippen LogP) is 6.45. The van der Waals surface area contributed by atoms with Gasteiger partial charge in [-0.05, 0) is 48.5 Å². The third kappa shape index (κ3) is 6.37. The molecule has 3 aromatic carbocycles. The third-order valence-electron chi connectivity index (χ3n) is 4.54. The largest absolute Gasteiger partial charge is 0.489 e. The zero-order chi connectivity index (χ0) is 23.4. The maximum absolute atomic E-state index is 7.44. The highest BCUT2D eigenvalue weighted by Gasteiger charge is 2.21.